The number of para-hydroxylation sites is 1. The molecule has 3 aliphatic rings. The standard InChI is InChI=1S/C30H37N3O3/c1-23-6-8-24(9-7-23)21-33-27(20-26-4-2-3-5-28(26)33)22-31-14-10-25(11-15-31)29(34)32-16-12-30(13-17-32)35-18-19-36-30/h2-9,20,25H,10-19,21-22H2,1H3. The molecule has 36 heavy (non-hydrogen) atoms. The second kappa shape index (κ2) is 10.0. The Morgan fingerprint density at radius 3 is 2.33 bits per heavy atom. The highest BCUT2D eigenvalue weighted by molar-refractivity contribution is 5.81. The van der Waals surface area contributed by atoms with Crippen molar-refractivity contribution in [1.82, 2.24) is 14.4 Å². The minimum Gasteiger partial charge on any atom is -0.347 e. The second-order valence-electron chi connectivity index (χ2n) is 10.7. The van der Waals surface area contributed by atoms with Gasteiger partial charge in [-0.05, 0) is 55.9 Å². The molecule has 0 radical (unpaired) electrons. The van der Waals surface area contributed by atoms with Gasteiger partial charge in [-0.15, -0.1) is 0 Å². The largest absolute Gasteiger partial charge is 0.347 e. The maximum Gasteiger partial charge on any atom is 0.225 e. The lowest BCUT2D eigenvalue weighted by Crippen LogP contribution is -2.50. The second-order valence-corrected chi connectivity index (χ2v) is 10.7. The number of amides is 1. The number of rotatable bonds is 5. The lowest BCUT2D eigenvalue weighted by Gasteiger charge is -2.40. The van der Waals surface area contributed by atoms with Crippen molar-refractivity contribution in [1.29, 1.82) is 0 Å². The Kier molecular flexibility index (Phi) is 6.59. The van der Waals surface area contributed by atoms with Crippen LogP contribution in [0.5, 0.6) is 0 Å². The van der Waals surface area contributed by atoms with Gasteiger partial charge in [-0.3, -0.25) is 9.69 Å². The molecule has 3 aromatic rings. The van der Waals surface area contributed by atoms with Crippen LogP contribution in [-0.2, 0) is 27.4 Å². The molecule has 0 bridgehead atoms. The van der Waals surface area contributed by atoms with E-state index < -0.39 is 5.79 Å². The number of piperidine rings is 2. The van der Waals surface area contributed by atoms with Crippen LogP contribution >= 0.6 is 0 Å². The predicted molar refractivity (Wildman–Crippen MR) is 141 cm³/mol. The summed E-state index contributed by atoms with van der Waals surface area (Å²) in [6.45, 7) is 8.71. The van der Waals surface area contributed by atoms with Crippen LogP contribution in [-0.4, -0.2) is 65.5 Å². The molecule has 3 saturated heterocycles. The summed E-state index contributed by atoms with van der Waals surface area (Å²) in [5.41, 5.74) is 5.25. The number of fused-ring (bicyclic) bond motifs is 1. The maximum atomic E-state index is 13.2. The van der Waals surface area contributed by atoms with E-state index in [2.05, 4.69) is 75.9 Å². The molecular weight excluding hydrogens is 450 g/mol. The third-order valence-electron chi connectivity index (χ3n) is 8.33. The van der Waals surface area contributed by atoms with Crippen molar-refractivity contribution in [3.05, 3.63) is 71.4 Å². The smallest absolute Gasteiger partial charge is 0.225 e. The molecule has 6 rings (SSSR count). The van der Waals surface area contributed by atoms with Crippen molar-refractivity contribution in [3.63, 3.8) is 0 Å². The quantitative estimate of drug-likeness (QED) is 0.529. The number of hydrogen-bond donors (Lipinski definition) is 0. The highest BCUT2D eigenvalue weighted by Gasteiger charge is 2.41. The average molecular weight is 488 g/mol. The first-order valence-electron chi connectivity index (χ1n) is 13.5. The van der Waals surface area contributed by atoms with Gasteiger partial charge in [0, 0.05) is 56.1 Å². The molecule has 0 atom stereocenters. The molecule has 3 fully saturated rings. The predicted octanol–water partition coefficient (Wildman–Crippen LogP) is 4.58. The number of carbonyl (C=O) groups is 1. The normalized spacial score (nSPS) is 21.0. The molecule has 0 saturated carbocycles. The Labute approximate surface area is 213 Å². The molecular formula is C30H37N3O3. The number of carbonyl (C=O) groups excluding carboxylic acids is 1. The molecule has 1 aromatic heterocycles. The summed E-state index contributed by atoms with van der Waals surface area (Å²) in [5, 5.41) is 1.29. The minimum absolute atomic E-state index is 0.138. The van der Waals surface area contributed by atoms with E-state index in [0.717, 1.165) is 65.0 Å². The van der Waals surface area contributed by atoms with Crippen molar-refractivity contribution in [2.75, 3.05) is 39.4 Å². The van der Waals surface area contributed by atoms with E-state index in [0.29, 0.717) is 19.1 Å². The van der Waals surface area contributed by atoms with Gasteiger partial charge in [0.25, 0.3) is 0 Å². The number of ether oxygens (including phenoxy) is 2. The summed E-state index contributed by atoms with van der Waals surface area (Å²) >= 11 is 0. The van der Waals surface area contributed by atoms with Gasteiger partial charge in [-0.2, -0.15) is 0 Å². The zero-order valence-electron chi connectivity index (χ0n) is 21.3. The summed E-state index contributed by atoms with van der Waals surface area (Å²) in [4.78, 5) is 17.8. The number of nitrogens with zero attached hydrogens (tertiary/aromatic N) is 3. The van der Waals surface area contributed by atoms with E-state index in [1.54, 1.807) is 0 Å². The third-order valence-corrected chi connectivity index (χ3v) is 8.33. The Morgan fingerprint density at radius 2 is 1.61 bits per heavy atom. The van der Waals surface area contributed by atoms with Gasteiger partial charge in [0.15, 0.2) is 5.79 Å². The van der Waals surface area contributed by atoms with Crippen molar-refractivity contribution in [3.8, 4) is 0 Å². The molecule has 0 N–H and O–H groups in total. The van der Waals surface area contributed by atoms with Crippen molar-refractivity contribution in [2.24, 2.45) is 5.92 Å². The molecule has 6 heteroatoms. The molecule has 0 aliphatic carbocycles. The van der Waals surface area contributed by atoms with Crippen molar-refractivity contribution < 1.29 is 14.3 Å². The number of hydrogen-bond acceptors (Lipinski definition) is 4. The maximum absolute atomic E-state index is 13.2. The van der Waals surface area contributed by atoms with Crippen LogP contribution < -0.4 is 0 Å². The Hall–Kier alpha value is -2.67. The van der Waals surface area contributed by atoms with Crippen LogP contribution in [0.3, 0.4) is 0 Å². The summed E-state index contributed by atoms with van der Waals surface area (Å²) in [7, 11) is 0. The van der Waals surface area contributed by atoms with Crippen LogP contribution in [0.2, 0.25) is 0 Å². The molecule has 1 spiro atoms. The van der Waals surface area contributed by atoms with Crippen molar-refractivity contribution in [2.45, 2.75) is 51.5 Å². The zero-order valence-corrected chi connectivity index (χ0v) is 21.3. The Balaban J connectivity index is 1.09. The highest BCUT2D eigenvalue weighted by Crippen LogP contribution is 2.33. The molecule has 4 heterocycles. The first-order chi connectivity index (χ1) is 17.6. The van der Waals surface area contributed by atoms with E-state index in [9.17, 15) is 4.79 Å². The fraction of sp³-hybridized carbons (Fsp3) is 0.500. The van der Waals surface area contributed by atoms with Gasteiger partial charge in [-0.1, -0.05) is 48.0 Å². The van der Waals surface area contributed by atoms with Crippen LogP contribution in [0, 0.1) is 12.8 Å². The zero-order chi connectivity index (χ0) is 24.5. The van der Waals surface area contributed by atoms with E-state index in [1.165, 1.54) is 27.7 Å². The van der Waals surface area contributed by atoms with Gasteiger partial charge in [0.2, 0.25) is 5.91 Å². The first kappa shape index (κ1) is 23.7. The molecule has 190 valence electrons. The molecule has 2 aromatic carbocycles. The monoisotopic (exact) mass is 487 g/mol. The lowest BCUT2D eigenvalue weighted by molar-refractivity contribution is -0.188. The number of aryl methyl sites for hydroxylation is 1. The Morgan fingerprint density at radius 1 is 0.917 bits per heavy atom. The molecule has 3 aliphatic heterocycles. The highest BCUT2D eigenvalue weighted by atomic mass is 16.7. The fourth-order valence-electron chi connectivity index (χ4n) is 6.14. The van der Waals surface area contributed by atoms with E-state index in [4.69, 9.17) is 9.47 Å². The van der Waals surface area contributed by atoms with Crippen LogP contribution in [0.25, 0.3) is 10.9 Å². The topological polar surface area (TPSA) is 46.9 Å². The van der Waals surface area contributed by atoms with Crippen LogP contribution in [0.1, 0.15) is 42.5 Å². The van der Waals surface area contributed by atoms with E-state index in [-0.39, 0.29) is 5.92 Å². The average Bonchev–Trinajstić information content (AvgIpc) is 3.50. The van der Waals surface area contributed by atoms with Gasteiger partial charge < -0.3 is 18.9 Å². The summed E-state index contributed by atoms with van der Waals surface area (Å²) < 4.78 is 14.1. The van der Waals surface area contributed by atoms with Gasteiger partial charge in [0.1, 0.15) is 0 Å². The molecule has 0 unspecified atom stereocenters. The van der Waals surface area contributed by atoms with Crippen LogP contribution in [0.15, 0.2) is 54.6 Å². The Bertz CT molecular complexity index is 1190. The fourth-order valence-corrected chi connectivity index (χ4v) is 6.14. The van der Waals surface area contributed by atoms with Gasteiger partial charge in [-0.25, -0.2) is 0 Å². The first-order valence-corrected chi connectivity index (χ1v) is 13.5. The van der Waals surface area contributed by atoms with Gasteiger partial charge >= 0.3 is 0 Å². The summed E-state index contributed by atoms with van der Waals surface area (Å²) in [6, 6.07) is 19.9. The number of aromatic nitrogens is 1. The molecule has 6 nitrogen and oxygen atoms in total. The van der Waals surface area contributed by atoms with Crippen LogP contribution in [0.4, 0.5) is 0 Å². The summed E-state index contributed by atoms with van der Waals surface area (Å²) in [6.07, 6.45) is 3.46. The van der Waals surface area contributed by atoms with Crippen molar-refractivity contribution >= 4 is 16.8 Å². The minimum atomic E-state index is -0.419. The number of benzene rings is 2. The van der Waals surface area contributed by atoms with Gasteiger partial charge in [0.05, 0.1) is 13.2 Å². The molecule has 1 amide bonds. The lowest BCUT2D eigenvalue weighted by atomic mass is 9.93. The van der Waals surface area contributed by atoms with E-state index in [1.807, 2.05) is 0 Å². The SMILES string of the molecule is Cc1ccc(Cn2c(CN3CCC(C(=O)N4CCC5(CC4)OCCO5)CC3)cc3ccccc32)cc1. The number of likely N-dealkylation sites (tertiary alicyclic amines) is 2. The van der Waals surface area contributed by atoms with E-state index >= 15 is 0 Å². The summed E-state index contributed by atoms with van der Waals surface area (Å²) in [5.74, 6) is 0.0482. The third kappa shape index (κ3) is 4.82.